The number of halogens is 1. The number of hydrogen-bond donors (Lipinski definition) is 1. The minimum absolute atomic E-state index is 0.00352. The molecule has 2 aromatic carbocycles. The van der Waals surface area contributed by atoms with Gasteiger partial charge in [0.05, 0.1) is 10.8 Å². The van der Waals surface area contributed by atoms with Crippen LogP contribution < -0.4 is 15.4 Å². The van der Waals surface area contributed by atoms with E-state index in [4.69, 9.17) is 10.5 Å². The van der Waals surface area contributed by atoms with Crippen molar-refractivity contribution in [1.29, 1.82) is 5.26 Å². The van der Waals surface area contributed by atoms with Gasteiger partial charge in [0.2, 0.25) is 5.88 Å². The fraction of sp³-hybridized carbons (Fsp3) is 0.167. The van der Waals surface area contributed by atoms with E-state index in [2.05, 4.69) is 0 Å². The van der Waals surface area contributed by atoms with E-state index >= 15 is 0 Å². The van der Waals surface area contributed by atoms with Gasteiger partial charge < -0.3 is 15.4 Å². The molecule has 132 valence electrons. The van der Waals surface area contributed by atoms with Crippen molar-refractivity contribution in [3.05, 3.63) is 74.9 Å². The Morgan fingerprint density at radius 1 is 1.27 bits per heavy atom. The van der Waals surface area contributed by atoms with Crippen LogP contribution in [0.15, 0.2) is 47.9 Å². The van der Waals surface area contributed by atoms with Gasteiger partial charge in [0.15, 0.2) is 0 Å². The molecule has 0 bridgehead atoms. The molecule has 1 aliphatic rings. The predicted octanol–water partition coefficient (Wildman–Crippen LogP) is 3.02. The summed E-state index contributed by atoms with van der Waals surface area (Å²) in [5, 5.41) is 20.9. The lowest BCUT2D eigenvalue weighted by atomic mass is 9.82. The van der Waals surface area contributed by atoms with Crippen LogP contribution in [0.3, 0.4) is 0 Å². The molecule has 0 aliphatic carbocycles. The fourth-order valence-corrected chi connectivity index (χ4v) is 2.96. The van der Waals surface area contributed by atoms with Gasteiger partial charge >= 0.3 is 0 Å². The third kappa shape index (κ3) is 2.80. The molecule has 0 amide bonds. The third-order valence-electron chi connectivity index (χ3n) is 4.22. The third-order valence-corrected chi connectivity index (χ3v) is 4.22. The number of rotatable bonds is 3. The predicted molar refractivity (Wildman–Crippen MR) is 93.1 cm³/mol. The van der Waals surface area contributed by atoms with Crippen molar-refractivity contribution < 1.29 is 14.1 Å². The monoisotopic (exact) mass is 354 g/mol. The Hall–Kier alpha value is -3.60. The van der Waals surface area contributed by atoms with E-state index in [1.807, 2.05) is 25.1 Å². The number of allylic oxidation sites excluding steroid dienone is 1. The lowest BCUT2D eigenvalue weighted by Crippen LogP contribution is -2.22. The van der Waals surface area contributed by atoms with Crippen molar-refractivity contribution >= 4 is 11.4 Å². The van der Waals surface area contributed by atoms with Gasteiger partial charge in [0.25, 0.3) is 5.69 Å². The number of fused-ring (bicyclic) bond motifs is 1. The highest BCUT2D eigenvalue weighted by molar-refractivity contribution is 5.63. The van der Waals surface area contributed by atoms with Crippen LogP contribution in [0.25, 0.3) is 0 Å². The molecular formula is C18H15FN4O3. The van der Waals surface area contributed by atoms with Gasteiger partial charge in [-0.15, -0.1) is 0 Å². The van der Waals surface area contributed by atoms with Gasteiger partial charge in [0, 0.05) is 43.0 Å². The van der Waals surface area contributed by atoms with Crippen LogP contribution >= 0.6 is 0 Å². The number of anilines is 1. The number of nitro benzene ring substituents is 1. The van der Waals surface area contributed by atoms with Crippen LogP contribution in [0.4, 0.5) is 15.8 Å². The number of hydrogen-bond acceptors (Lipinski definition) is 6. The van der Waals surface area contributed by atoms with Gasteiger partial charge in [-0.05, 0) is 18.2 Å². The molecule has 3 rings (SSSR count). The fourth-order valence-electron chi connectivity index (χ4n) is 2.96. The molecule has 1 heterocycles. The van der Waals surface area contributed by atoms with E-state index < -0.39 is 16.7 Å². The molecule has 0 saturated carbocycles. The molecule has 2 aromatic rings. The Bertz CT molecular complexity index is 979. The molecule has 0 saturated heterocycles. The number of nitro groups is 1. The number of nitrogens with zero attached hydrogens (tertiary/aromatic N) is 3. The summed E-state index contributed by atoms with van der Waals surface area (Å²) in [6.45, 7) is 0. The van der Waals surface area contributed by atoms with Gasteiger partial charge in [-0.2, -0.15) is 5.26 Å². The minimum Gasteiger partial charge on any atom is -0.440 e. The number of nitrogens with two attached hydrogens (primary N) is 1. The normalized spacial score (nSPS) is 15.7. The molecule has 2 N–H and O–H groups in total. The van der Waals surface area contributed by atoms with E-state index in [0.717, 1.165) is 23.9 Å². The smallest absolute Gasteiger partial charge is 0.273 e. The van der Waals surface area contributed by atoms with Gasteiger partial charge in [-0.1, -0.05) is 6.07 Å². The SMILES string of the molecule is CN(C)c1ccc2c(c1)OC(N)=C(C#N)C2c1cc(F)ccc1[N+](=O)[O-]. The van der Waals surface area contributed by atoms with Crippen LogP contribution in [-0.4, -0.2) is 19.0 Å². The van der Waals surface area contributed by atoms with Crippen LogP contribution in [0.1, 0.15) is 17.0 Å². The van der Waals surface area contributed by atoms with Crippen LogP contribution in [0, 0.1) is 27.3 Å². The summed E-state index contributed by atoms with van der Waals surface area (Å²) in [5.74, 6) is -1.31. The van der Waals surface area contributed by atoms with Crippen LogP contribution in [0.2, 0.25) is 0 Å². The van der Waals surface area contributed by atoms with Crippen molar-refractivity contribution in [2.75, 3.05) is 19.0 Å². The highest BCUT2D eigenvalue weighted by Crippen LogP contribution is 2.45. The molecule has 8 heteroatoms. The van der Waals surface area contributed by atoms with Gasteiger partial charge in [-0.25, -0.2) is 4.39 Å². The summed E-state index contributed by atoms with van der Waals surface area (Å²) < 4.78 is 19.4. The Labute approximate surface area is 148 Å². The maximum atomic E-state index is 13.8. The zero-order valence-corrected chi connectivity index (χ0v) is 14.1. The zero-order valence-electron chi connectivity index (χ0n) is 14.1. The molecule has 1 aliphatic heterocycles. The molecule has 0 fully saturated rings. The maximum absolute atomic E-state index is 13.8. The van der Waals surface area contributed by atoms with E-state index in [1.54, 1.807) is 18.2 Å². The van der Waals surface area contributed by atoms with Crippen molar-refractivity contribution in [3.63, 3.8) is 0 Å². The van der Waals surface area contributed by atoms with Crippen LogP contribution in [-0.2, 0) is 0 Å². The second-order valence-corrected chi connectivity index (χ2v) is 6.00. The first-order valence-corrected chi connectivity index (χ1v) is 7.66. The maximum Gasteiger partial charge on any atom is 0.273 e. The Morgan fingerprint density at radius 3 is 2.62 bits per heavy atom. The quantitative estimate of drug-likeness (QED) is 0.671. The van der Waals surface area contributed by atoms with E-state index in [1.165, 1.54) is 0 Å². The number of benzene rings is 2. The van der Waals surface area contributed by atoms with Crippen molar-refractivity contribution in [3.8, 4) is 11.8 Å². The molecule has 1 atom stereocenters. The van der Waals surface area contributed by atoms with Crippen molar-refractivity contribution in [1.82, 2.24) is 0 Å². The first kappa shape index (κ1) is 17.2. The van der Waals surface area contributed by atoms with Crippen molar-refractivity contribution in [2.24, 2.45) is 5.73 Å². The first-order valence-electron chi connectivity index (χ1n) is 7.66. The topological polar surface area (TPSA) is 105 Å². The molecular weight excluding hydrogens is 339 g/mol. The minimum atomic E-state index is -0.893. The number of ether oxygens (including phenoxy) is 1. The lowest BCUT2D eigenvalue weighted by Gasteiger charge is -2.27. The lowest BCUT2D eigenvalue weighted by molar-refractivity contribution is -0.385. The van der Waals surface area contributed by atoms with Gasteiger partial charge in [0.1, 0.15) is 23.2 Å². The second kappa shape index (κ2) is 6.37. The molecule has 0 aromatic heterocycles. The Kier molecular flexibility index (Phi) is 4.22. The largest absolute Gasteiger partial charge is 0.440 e. The van der Waals surface area contributed by atoms with E-state index in [-0.39, 0.29) is 22.7 Å². The first-order chi connectivity index (χ1) is 12.3. The zero-order chi connectivity index (χ0) is 19.0. The molecule has 0 spiro atoms. The number of nitriles is 1. The van der Waals surface area contributed by atoms with E-state index in [9.17, 15) is 19.8 Å². The van der Waals surface area contributed by atoms with E-state index in [0.29, 0.717) is 11.3 Å². The summed E-state index contributed by atoms with van der Waals surface area (Å²) in [5.41, 5.74) is 6.98. The summed E-state index contributed by atoms with van der Waals surface area (Å²) >= 11 is 0. The average molecular weight is 354 g/mol. The van der Waals surface area contributed by atoms with Gasteiger partial charge in [-0.3, -0.25) is 10.1 Å². The second-order valence-electron chi connectivity index (χ2n) is 6.00. The Morgan fingerprint density at radius 2 is 2.00 bits per heavy atom. The molecule has 1 unspecified atom stereocenters. The standard InChI is InChI=1S/C18H15FN4O3/c1-22(2)11-4-5-12-16(8-11)26-18(21)14(9-20)17(12)13-7-10(19)3-6-15(13)23(24)25/h3-8,17H,21H2,1-2H3. The molecule has 26 heavy (non-hydrogen) atoms. The summed E-state index contributed by atoms with van der Waals surface area (Å²) in [4.78, 5) is 12.7. The van der Waals surface area contributed by atoms with Crippen LogP contribution in [0.5, 0.6) is 5.75 Å². The summed E-state index contributed by atoms with van der Waals surface area (Å²) in [6, 6.07) is 10.3. The van der Waals surface area contributed by atoms with Crippen molar-refractivity contribution in [2.45, 2.75) is 5.92 Å². The summed E-state index contributed by atoms with van der Waals surface area (Å²) in [6.07, 6.45) is 0. The summed E-state index contributed by atoms with van der Waals surface area (Å²) in [7, 11) is 3.69. The Balaban J connectivity index is 2.29. The molecule has 7 nitrogen and oxygen atoms in total. The highest BCUT2D eigenvalue weighted by atomic mass is 19.1. The molecule has 0 radical (unpaired) electrons. The highest BCUT2D eigenvalue weighted by Gasteiger charge is 2.35. The average Bonchev–Trinajstić information content (AvgIpc) is 2.59.